The molecule has 4 heteroatoms. The maximum absolute atomic E-state index is 14.3. The van der Waals surface area contributed by atoms with E-state index in [0.717, 1.165) is 18.5 Å². The molecule has 0 radical (unpaired) electrons. The van der Waals surface area contributed by atoms with E-state index in [1.807, 2.05) is 19.1 Å². The molecule has 104 valence electrons. The number of ketones is 1. The van der Waals surface area contributed by atoms with Crippen LogP contribution in [0.3, 0.4) is 0 Å². The van der Waals surface area contributed by atoms with Crippen molar-refractivity contribution >= 4 is 17.5 Å². The van der Waals surface area contributed by atoms with E-state index in [1.54, 1.807) is 0 Å². The normalized spacial score (nSPS) is 29.5. The average molecular weight is 272 g/mol. The van der Waals surface area contributed by atoms with Crippen molar-refractivity contribution in [3.63, 3.8) is 0 Å². The fourth-order valence-corrected chi connectivity index (χ4v) is 3.66. The monoisotopic (exact) mass is 272 g/mol. The maximum atomic E-state index is 14.3. The number of nitrogens with zero attached hydrogens (tertiary/aromatic N) is 1. The highest BCUT2D eigenvalue weighted by Gasteiger charge is 2.46. The summed E-state index contributed by atoms with van der Waals surface area (Å²) in [4.78, 5) is 17.2. The number of hydrogen-bond acceptors (Lipinski definition) is 3. The van der Waals surface area contributed by atoms with Gasteiger partial charge < -0.3 is 5.32 Å². The summed E-state index contributed by atoms with van der Waals surface area (Å²) in [5.41, 5.74) is 3.57. The van der Waals surface area contributed by atoms with Gasteiger partial charge in [-0.25, -0.2) is 4.39 Å². The number of rotatable bonds is 2. The molecule has 4 aliphatic carbocycles. The van der Waals surface area contributed by atoms with E-state index in [1.165, 1.54) is 0 Å². The Labute approximate surface area is 117 Å². The fraction of sp³-hybridized carbons (Fsp3) is 0.500. The first kappa shape index (κ1) is 12.1. The van der Waals surface area contributed by atoms with Gasteiger partial charge in [-0.3, -0.25) is 9.78 Å². The van der Waals surface area contributed by atoms with Crippen LogP contribution in [-0.4, -0.2) is 17.3 Å². The second kappa shape index (κ2) is 4.14. The number of aromatic nitrogens is 1. The Morgan fingerprint density at radius 3 is 2.95 bits per heavy atom. The molecule has 1 heterocycles. The minimum atomic E-state index is -1.06. The molecular formula is C16H17FN2O. The molecule has 3 nitrogen and oxygen atoms in total. The Balaban J connectivity index is 2.00. The summed E-state index contributed by atoms with van der Waals surface area (Å²) in [5, 5.41) is 3.23. The zero-order valence-electron chi connectivity index (χ0n) is 11.4. The van der Waals surface area contributed by atoms with E-state index in [2.05, 4.69) is 10.3 Å². The molecule has 1 saturated carbocycles. The lowest BCUT2D eigenvalue weighted by Crippen LogP contribution is -2.38. The lowest BCUT2D eigenvalue weighted by molar-refractivity contribution is 0.0788. The molecule has 0 amide bonds. The molecule has 0 aliphatic heterocycles. The van der Waals surface area contributed by atoms with Gasteiger partial charge in [0.05, 0.1) is 22.6 Å². The van der Waals surface area contributed by atoms with Gasteiger partial charge in [0.15, 0.2) is 5.78 Å². The number of carbonyl (C=O) groups is 1. The highest BCUT2D eigenvalue weighted by Crippen LogP contribution is 2.52. The number of Topliss-reactive ketones (excluding diaryl/α,β-unsaturated/α-hetero) is 1. The van der Waals surface area contributed by atoms with Crippen LogP contribution >= 0.6 is 0 Å². The Hall–Kier alpha value is -1.71. The highest BCUT2D eigenvalue weighted by molar-refractivity contribution is 6.07. The van der Waals surface area contributed by atoms with Crippen LogP contribution in [0.4, 0.5) is 10.1 Å². The van der Waals surface area contributed by atoms with E-state index >= 15 is 0 Å². The summed E-state index contributed by atoms with van der Waals surface area (Å²) < 4.78 is 14.3. The number of allylic oxidation sites excluding steroid dienone is 1. The zero-order valence-corrected chi connectivity index (χ0v) is 11.4. The molecule has 2 bridgehead atoms. The SMILES string of the molecule is CCNc1c2c(nc3c1C(F)CC=C3)C1CC(C1)C2=O. The van der Waals surface area contributed by atoms with Gasteiger partial charge in [0, 0.05) is 30.4 Å². The number of alkyl halides is 1. The van der Waals surface area contributed by atoms with Crippen LogP contribution in [0.5, 0.6) is 0 Å². The quantitative estimate of drug-likeness (QED) is 0.894. The van der Waals surface area contributed by atoms with E-state index in [4.69, 9.17) is 0 Å². The van der Waals surface area contributed by atoms with E-state index < -0.39 is 6.17 Å². The van der Waals surface area contributed by atoms with E-state index in [-0.39, 0.29) is 11.7 Å². The second-order valence-electron chi connectivity index (χ2n) is 5.91. The first-order valence-corrected chi connectivity index (χ1v) is 7.37. The summed E-state index contributed by atoms with van der Waals surface area (Å²) >= 11 is 0. The third-order valence-electron chi connectivity index (χ3n) is 4.72. The summed E-state index contributed by atoms with van der Waals surface area (Å²) in [7, 11) is 0. The first-order chi connectivity index (χ1) is 9.70. The Kier molecular flexibility index (Phi) is 2.50. The summed E-state index contributed by atoms with van der Waals surface area (Å²) in [6.45, 7) is 2.65. The van der Waals surface area contributed by atoms with E-state index in [9.17, 15) is 9.18 Å². The number of anilines is 1. The Morgan fingerprint density at radius 2 is 2.20 bits per heavy atom. The number of fused-ring (bicyclic) bond motifs is 1. The van der Waals surface area contributed by atoms with Crippen molar-refractivity contribution in [2.45, 2.75) is 38.3 Å². The van der Waals surface area contributed by atoms with Crippen molar-refractivity contribution in [3.8, 4) is 0 Å². The zero-order chi connectivity index (χ0) is 13.9. The van der Waals surface area contributed by atoms with Gasteiger partial charge in [-0.15, -0.1) is 0 Å². The van der Waals surface area contributed by atoms with Crippen LogP contribution in [0.25, 0.3) is 6.08 Å². The van der Waals surface area contributed by atoms with Crippen molar-refractivity contribution in [1.29, 1.82) is 0 Å². The smallest absolute Gasteiger partial charge is 0.169 e. The number of carbonyl (C=O) groups excluding carboxylic acids is 1. The van der Waals surface area contributed by atoms with Crippen LogP contribution in [-0.2, 0) is 0 Å². The topological polar surface area (TPSA) is 42.0 Å². The minimum Gasteiger partial charge on any atom is -0.384 e. The molecule has 5 rings (SSSR count). The lowest BCUT2D eigenvalue weighted by atomic mass is 9.63. The largest absolute Gasteiger partial charge is 0.384 e. The Bertz CT molecular complexity index is 632. The number of pyridine rings is 1. The van der Waals surface area contributed by atoms with E-state index in [0.29, 0.717) is 41.4 Å². The van der Waals surface area contributed by atoms with Gasteiger partial charge in [0.2, 0.25) is 0 Å². The first-order valence-electron chi connectivity index (χ1n) is 7.37. The highest BCUT2D eigenvalue weighted by atomic mass is 19.1. The van der Waals surface area contributed by atoms with Crippen molar-refractivity contribution in [2.75, 3.05) is 11.9 Å². The van der Waals surface area contributed by atoms with Crippen molar-refractivity contribution in [2.24, 2.45) is 5.92 Å². The maximum Gasteiger partial charge on any atom is 0.169 e. The molecule has 1 unspecified atom stereocenters. The van der Waals surface area contributed by atoms with Crippen LogP contribution in [0.2, 0.25) is 0 Å². The molecule has 1 atom stereocenters. The predicted octanol–water partition coefficient (Wildman–Crippen LogP) is 3.63. The third kappa shape index (κ3) is 1.45. The van der Waals surface area contributed by atoms with Crippen LogP contribution in [0.15, 0.2) is 6.08 Å². The minimum absolute atomic E-state index is 0.141. The molecule has 0 spiro atoms. The van der Waals surface area contributed by atoms with Crippen LogP contribution in [0.1, 0.15) is 65.6 Å². The van der Waals surface area contributed by atoms with Gasteiger partial charge in [-0.05, 0) is 25.8 Å². The number of nitrogens with one attached hydrogen (secondary N) is 1. The molecular weight excluding hydrogens is 255 g/mol. The molecule has 1 fully saturated rings. The Morgan fingerprint density at radius 1 is 1.40 bits per heavy atom. The molecule has 1 aromatic heterocycles. The van der Waals surface area contributed by atoms with Gasteiger partial charge >= 0.3 is 0 Å². The summed E-state index contributed by atoms with van der Waals surface area (Å²) in [6, 6.07) is 0. The predicted molar refractivity (Wildman–Crippen MR) is 75.7 cm³/mol. The van der Waals surface area contributed by atoms with Gasteiger partial charge in [-0.2, -0.15) is 0 Å². The van der Waals surface area contributed by atoms with Crippen LogP contribution in [0, 0.1) is 5.92 Å². The third-order valence-corrected chi connectivity index (χ3v) is 4.72. The summed E-state index contributed by atoms with van der Waals surface area (Å²) in [6.07, 6.45) is 4.87. The average Bonchev–Trinajstić information content (AvgIpc) is 2.36. The van der Waals surface area contributed by atoms with Crippen molar-refractivity contribution in [1.82, 2.24) is 4.98 Å². The van der Waals surface area contributed by atoms with Crippen LogP contribution < -0.4 is 5.32 Å². The number of hydrogen-bond donors (Lipinski definition) is 1. The molecule has 0 aromatic carbocycles. The molecule has 20 heavy (non-hydrogen) atoms. The van der Waals surface area contributed by atoms with Crippen molar-refractivity contribution < 1.29 is 9.18 Å². The van der Waals surface area contributed by atoms with Gasteiger partial charge in [0.1, 0.15) is 6.17 Å². The van der Waals surface area contributed by atoms with Gasteiger partial charge in [-0.1, -0.05) is 6.08 Å². The standard InChI is InChI=1S/C16H17FN2O/c1-2-18-15-12-10(17)4-3-5-11(12)19-14-8-6-9(7-8)16(20)13(14)15/h3,5,8-10H,2,4,6-7H2,1H3,(H,18,19). The fourth-order valence-electron chi connectivity index (χ4n) is 3.66. The van der Waals surface area contributed by atoms with Crippen molar-refractivity contribution in [3.05, 3.63) is 28.6 Å². The number of halogens is 1. The molecule has 1 aromatic rings. The molecule has 0 saturated heterocycles. The second-order valence-corrected chi connectivity index (χ2v) is 5.91. The van der Waals surface area contributed by atoms with Gasteiger partial charge in [0.25, 0.3) is 0 Å². The lowest BCUT2D eigenvalue weighted by Gasteiger charge is -2.42. The summed E-state index contributed by atoms with van der Waals surface area (Å²) in [5.74, 6) is 0.696. The molecule has 1 N–H and O–H groups in total. The molecule has 4 aliphatic rings.